The molecule has 2 rings (SSSR count). The van der Waals surface area contributed by atoms with Gasteiger partial charge in [0.2, 0.25) is 0 Å². The Morgan fingerprint density at radius 3 is 2.75 bits per heavy atom. The van der Waals surface area contributed by atoms with Crippen LogP contribution in [0.3, 0.4) is 0 Å². The van der Waals surface area contributed by atoms with E-state index >= 15 is 0 Å². The van der Waals surface area contributed by atoms with E-state index in [1.54, 1.807) is 0 Å². The van der Waals surface area contributed by atoms with E-state index in [0.717, 1.165) is 5.56 Å². The second kappa shape index (κ2) is 3.15. The van der Waals surface area contributed by atoms with Crippen molar-refractivity contribution in [2.24, 2.45) is 4.99 Å². The van der Waals surface area contributed by atoms with Crippen LogP contribution in [-0.2, 0) is 4.74 Å². The first-order valence-electron chi connectivity index (χ1n) is 3.69. The van der Waals surface area contributed by atoms with E-state index in [-0.39, 0.29) is 12.3 Å². The van der Waals surface area contributed by atoms with Crippen molar-refractivity contribution in [3.63, 3.8) is 0 Å². The van der Waals surface area contributed by atoms with E-state index in [2.05, 4.69) is 22.4 Å². The molecule has 0 amide bonds. The first-order valence-corrected chi connectivity index (χ1v) is 4.10. The Morgan fingerprint density at radius 1 is 1.33 bits per heavy atom. The van der Waals surface area contributed by atoms with E-state index in [4.69, 9.17) is 4.74 Å². The molecular formula is C9H7NOS. The Hall–Kier alpha value is -1.02. The minimum Gasteiger partial charge on any atom is -0.340 e. The van der Waals surface area contributed by atoms with Gasteiger partial charge in [0.25, 0.3) is 0 Å². The molecule has 1 aromatic rings. The van der Waals surface area contributed by atoms with Gasteiger partial charge in [-0.2, -0.15) is 4.99 Å². The van der Waals surface area contributed by atoms with E-state index < -0.39 is 0 Å². The summed E-state index contributed by atoms with van der Waals surface area (Å²) >= 11 is 4.47. The fourth-order valence-electron chi connectivity index (χ4n) is 1.14. The van der Waals surface area contributed by atoms with Crippen LogP contribution in [0.4, 0.5) is 0 Å². The Kier molecular flexibility index (Phi) is 2.00. The molecule has 12 heavy (non-hydrogen) atoms. The summed E-state index contributed by atoms with van der Waals surface area (Å²) in [5.41, 5.74) is 1.15. The third kappa shape index (κ3) is 1.43. The quantitative estimate of drug-likeness (QED) is 0.393. The largest absolute Gasteiger partial charge is 0.340 e. The maximum absolute atomic E-state index is 5.25. The van der Waals surface area contributed by atoms with Crippen LogP contribution in [0.1, 0.15) is 11.7 Å². The van der Waals surface area contributed by atoms with Gasteiger partial charge >= 0.3 is 0 Å². The van der Waals surface area contributed by atoms with Crippen molar-refractivity contribution >= 4 is 17.4 Å². The van der Waals surface area contributed by atoms with Gasteiger partial charge in [-0.3, -0.25) is 0 Å². The van der Waals surface area contributed by atoms with Crippen molar-refractivity contribution in [3.05, 3.63) is 35.9 Å². The maximum atomic E-state index is 5.25. The number of benzene rings is 1. The summed E-state index contributed by atoms with van der Waals surface area (Å²) in [6.07, 6.45) is 0.00606. The number of ether oxygens (including phenoxy) is 1. The van der Waals surface area contributed by atoms with Gasteiger partial charge < -0.3 is 4.74 Å². The molecule has 2 unspecified atom stereocenters. The fraction of sp³-hybridized carbons (Fsp3) is 0.222. The number of epoxide rings is 1. The van der Waals surface area contributed by atoms with Crippen molar-refractivity contribution in [1.29, 1.82) is 0 Å². The summed E-state index contributed by atoms with van der Waals surface area (Å²) in [5, 5.41) is 2.31. The van der Waals surface area contributed by atoms with Gasteiger partial charge in [0.15, 0.2) is 6.23 Å². The monoisotopic (exact) mass is 177 g/mol. The van der Waals surface area contributed by atoms with Crippen LogP contribution < -0.4 is 0 Å². The molecule has 0 aliphatic carbocycles. The standard InChI is InChI=1S/C9H7NOS/c12-6-10-9-8(11-9)7-4-2-1-3-5-7/h1-5,8-9H. The topological polar surface area (TPSA) is 24.9 Å². The van der Waals surface area contributed by atoms with Crippen LogP contribution in [0.5, 0.6) is 0 Å². The molecule has 0 bridgehead atoms. The zero-order valence-electron chi connectivity index (χ0n) is 6.31. The normalized spacial score (nSPS) is 26.0. The van der Waals surface area contributed by atoms with Gasteiger partial charge in [0.1, 0.15) is 6.10 Å². The molecule has 0 aromatic heterocycles. The second-order valence-electron chi connectivity index (χ2n) is 2.58. The first kappa shape index (κ1) is 7.62. The van der Waals surface area contributed by atoms with Crippen molar-refractivity contribution in [3.8, 4) is 0 Å². The van der Waals surface area contributed by atoms with E-state index in [1.807, 2.05) is 30.3 Å². The lowest BCUT2D eigenvalue weighted by Gasteiger charge is -1.90. The maximum Gasteiger partial charge on any atom is 0.189 e. The number of hydrogen-bond donors (Lipinski definition) is 0. The van der Waals surface area contributed by atoms with Crippen molar-refractivity contribution < 1.29 is 4.74 Å². The molecule has 2 atom stereocenters. The summed E-state index contributed by atoms with van der Waals surface area (Å²) in [6.45, 7) is 0. The second-order valence-corrected chi connectivity index (χ2v) is 2.76. The third-order valence-corrected chi connectivity index (χ3v) is 1.88. The van der Waals surface area contributed by atoms with Crippen molar-refractivity contribution in [2.45, 2.75) is 12.3 Å². The zero-order valence-corrected chi connectivity index (χ0v) is 7.12. The average molecular weight is 177 g/mol. The van der Waals surface area contributed by atoms with E-state index in [0.29, 0.717) is 0 Å². The lowest BCUT2D eigenvalue weighted by Crippen LogP contribution is -1.82. The predicted octanol–water partition coefficient (Wildman–Crippen LogP) is 2.19. The van der Waals surface area contributed by atoms with Crippen LogP contribution in [0.2, 0.25) is 0 Å². The Morgan fingerprint density at radius 2 is 2.08 bits per heavy atom. The number of thiocarbonyl (C=S) groups is 1. The van der Waals surface area contributed by atoms with Crippen LogP contribution >= 0.6 is 12.2 Å². The minimum absolute atomic E-state index is 0.0927. The molecule has 1 aliphatic rings. The molecule has 1 fully saturated rings. The van der Waals surface area contributed by atoms with Gasteiger partial charge in [-0.25, -0.2) is 0 Å². The highest BCUT2D eigenvalue weighted by Crippen LogP contribution is 2.38. The first-order chi connectivity index (χ1) is 5.92. The zero-order chi connectivity index (χ0) is 8.39. The van der Waals surface area contributed by atoms with Gasteiger partial charge in [-0.15, -0.1) is 0 Å². The van der Waals surface area contributed by atoms with Crippen LogP contribution in [-0.4, -0.2) is 11.4 Å². The summed E-state index contributed by atoms with van der Waals surface area (Å²) in [4.78, 5) is 3.84. The van der Waals surface area contributed by atoms with E-state index in [9.17, 15) is 0 Å². The highest BCUT2D eigenvalue weighted by atomic mass is 32.1. The Bertz CT molecular complexity index is 319. The minimum atomic E-state index is -0.0927. The Labute approximate surface area is 75.9 Å². The molecule has 1 heterocycles. The summed E-state index contributed by atoms with van der Waals surface area (Å²) in [6, 6.07) is 9.97. The van der Waals surface area contributed by atoms with Gasteiger partial charge in [0.05, 0.1) is 5.16 Å². The number of aliphatic imine (C=N–C) groups is 1. The van der Waals surface area contributed by atoms with Crippen molar-refractivity contribution in [2.75, 3.05) is 0 Å². The molecule has 3 heteroatoms. The fourth-order valence-corrected chi connectivity index (χ4v) is 1.24. The SMILES string of the molecule is S=C=NC1OC1c1ccccc1. The molecule has 0 N–H and O–H groups in total. The molecular weight excluding hydrogens is 170 g/mol. The number of nitrogens with zero attached hydrogens (tertiary/aromatic N) is 1. The molecule has 1 saturated heterocycles. The molecule has 0 spiro atoms. The molecule has 60 valence electrons. The van der Waals surface area contributed by atoms with Crippen LogP contribution in [0.15, 0.2) is 35.3 Å². The van der Waals surface area contributed by atoms with Crippen LogP contribution in [0, 0.1) is 0 Å². The lowest BCUT2D eigenvalue weighted by molar-refractivity contribution is 0.379. The molecule has 1 aromatic carbocycles. The predicted molar refractivity (Wildman–Crippen MR) is 49.1 cm³/mol. The van der Waals surface area contributed by atoms with Gasteiger partial charge in [-0.1, -0.05) is 30.3 Å². The average Bonchev–Trinajstić information content (AvgIpc) is 2.87. The third-order valence-electron chi connectivity index (χ3n) is 1.78. The number of rotatable bonds is 2. The number of isothiocyanates is 1. The molecule has 1 aliphatic heterocycles. The number of hydrogen-bond acceptors (Lipinski definition) is 3. The van der Waals surface area contributed by atoms with Gasteiger partial charge in [-0.05, 0) is 17.8 Å². The van der Waals surface area contributed by atoms with Gasteiger partial charge in [0, 0.05) is 0 Å². The lowest BCUT2D eigenvalue weighted by atomic mass is 10.1. The van der Waals surface area contributed by atoms with Crippen LogP contribution in [0.25, 0.3) is 0 Å². The molecule has 0 radical (unpaired) electrons. The molecule has 2 nitrogen and oxygen atoms in total. The Balaban J connectivity index is 2.11. The summed E-state index contributed by atoms with van der Waals surface area (Å²) < 4.78 is 5.25. The smallest absolute Gasteiger partial charge is 0.189 e. The highest BCUT2D eigenvalue weighted by molar-refractivity contribution is 7.78. The molecule has 0 saturated carbocycles. The highest BCUT2D eigenvalue weighted by Gasteiger charge is 2.39. The summed E-state index contributed by atoms with van der Waals surface area (Å²) in [7, 11) is 0. The summed E-state index contributed by atoms with van der Waals surface area (Å²) in [5.74, 6) is 0. The van der Waals surface area contributed by atoms with Crippen molar-refractivity contribution in [1.82, 2.24) is 0 Å². The van der Waals surface area contributed by atoms with E-state index in [1.165, 1.54) is 0 Å².